The maximum absolute atomic E-state index is 5.95. The van der Waals surface area contributed by atoms with Crippen molar-refractivity contribution in [1.29, 1.82) is 0 Å². The van der Waals surface area contributed by atoms with Crippen molar-refractivity contribution in [2.45, 2.75) is 45.3 Å². The van der Waals surface area contributed by atoms with Gasteiger partial charge < -0.3 is 5.73 Å². The fraction of sp³-hybridized carbons (Fsp3) is 0.667. The summed E-state index contributed by atoms with van der Waals surface area (Å²) in [5.41, 5.74) is 7.96. The van der Waals surface area contributed by atoms with E-state index in [0.29, 0.717) is 12.1 Å². The first-order chi connectivity index (χ1) is 7.65. The standard InChI is InChI=1S/C12H20N4/c1-9-6-15-12(7-14-9)8-16-4-3-11(13)5-10(16)2/h6-7,10-11H,3-5,8,13H2,1-2H3. The number of nitrogens with two attached hydrogens (primary N) is 1. The smallest absolute Gasteiger partial charge is 0.0727 e. The predicted molar refractivity (Wildman–Crippen MR) is 63.9 cm³/mol. The molecule has 0 spiro atoms. The minimum Gasteiger partial charge on any atom is -0.328 e. The monoisotopic (exact) mass is 220 g/mol. The summed E-state index contributed by atoms with van der Waals surface area (Å²) in [6, 6.07) is 0.919. The normalized spacial score (nSPS) is 26.9. The molecule has 2 rings (SSSR count). The second-order valence-corrected chi connectivity index (χ2v) is 4.75. The van der Waals surface area contributed by atoms with E-state index in [0.717, 1.165) is 37.3 Å². The zero-order valence-electron chi connectivity index (χ0n) is 10.1. The first kappa shape index (κ1) is 11.5. The van der Waals surface area contributed by atoms with Gasteiger partial charge in [0.25, 0.3) is 0 Å². The Balaban J connectivity index is 1.96. The average Bonchev–Trinajstić information content (AvgIpc) is 2.25. The molecule has 2 atom stereocenters. The summed E-state index contributed by atoms with van der Waals surface area (Å²) < 4.78 is 0. The third-order valence-corrected chi connectivity index (χ3v) is 3.25. The second kappa shape index (κ2) is 4.89. The van der Waals surface area contributed by atoms with Gasteiger partial charge in [0.15, 0.2) is 0 Å². The fourth-order valence-electron chi connectivity index (χ4n) is 2.20. The SMILES string of the molecule is Cc1cnc(CN2CCC(N)CC2C)cn1. The Morgan fingerprint density at radius 3 is 2.88 bits per heavy atom. The number of hydrogen-bond donors (Lipinski definition) is 1. The predicted octanol–water partition coefficient (Wildman–Crippen LogP) is 1.10. The number of rotatable bonds is 2. The summed E-state index contributed by atoms with van der Waals surface area (Å²) in [6.07, 6.45) is 5.87. The van der Waals surface area contributed by atoms with Crippen molar-refractivity contribution >= 4 is 0 Å². The van der Waals surface area contributed by atoms with Gasteiger partial charge in [-0.3, -0.25) is 14.9 Å². The lowest BCUT2D eigenvalue weighted by molar-refractivity contribution is 0.138. The molecule has 2 N–H and O–H groups in total. The molecule has 0 saturated carbocycles. The molecule has 0 aliphatic carbocycles. The lowest BCUT2D eigenvalue weighted by Gasteiger charge is -2.35. The van der Waals surface area contributed by atoms with Crippen molar-refractivity contribution in [1.82, 2.24) is 14.9 Å². The quantitative estimate of drug-likeness (QED) is 0.811. The van der Waals surface area contributed by atoms with Crippen LogP contribution in [-0.2, 0) is 6.54 Å². The van der Waals surface area contributed by atoms with Gasteiger partial charge in [-0.05, 0) is 26.7 Å². The molecule has 2 unspecified atom stereocenters. The molecule has 16 heavy (non-hydrogen) atoms. The highest BCUT2D eigenvalue weighted by Crippen LogP contribution is 2.17. The summed E-state index contributed by atoms with van der Waals surface area (Å²) in [5.74, 6) is 0. The van der Waals surface area contributed by atoms with Crippen LogP contribution in [0.4, 0.5) is 0 Å². The molecular weight excluding hydrogens is 200 g/mol. The Morgan fingerprint density at radius 2 is 2.25 bits per heavy atom. The van der Waals surface area contributed by atoms with E-state index in [1.165, 1.54) is 0 Å². The van der Waals surface area contributed by atoms with E-state index in [1.54, 1.807) is 0 Å². The largest absolute Gasteiger partial charge is 0.328 e. The van der Waals surface area contributed by atoms with Gasteiger partial charge in [-0.25, -0.2) is 0 Å². The number of nitrogens with zero attached hydrogens (tertiary/aromatic N) is 3. The van der Waals surface area contributed by atoms with Gasteiger partial charge in [0.2, 0.25) is 0 Å². The number of hydrogen-bond acceptors (Lipinski definition) is 4. The third-order valence-electron chi connectivity index (χ3n) is 3.25. The van der Waals surface area contributed by atoms with Crippen LogP contribution in [0, 0.1) is 6.92 Å². The summed E-state index contributed by atoms with van der Waals surface area (Å²) in [6.45, 7) is 6.15. The van der Waals surface area contributed by atoms with Crippen LogP contribution in [0.15, 0.2) is 12.4 Å². The Bertz CT molecular complexity index is 335. The molecule has 88 valence electrons. The zero-order valence-corrected chi connectivity index (χ0v) is 10.1. The number of aryl methyl sites for hydroxylation is 1. The maximum atomic E-state index is 5.95. The van der Waals surface area contributed by atoms with Crippen LogP contribution in [0.25, 0.3) is 0 Å². The van der Waals surface area contributed by atoms with Crippen LogP contribution in [0.1, 0.15) is 31.2 Å². The van der Waals surface area contributed by atoms with Crippen molar-refractivity contribution in [2.75, 3.05) is 6.54 Å². The van der Waals surface area contributed by atoms with E-state index in [-0.39, 0.29) is 0 Å². The zero-order chi connectivity index (χ0) is 11.5. The van der Waals surface area contributed by atoms with Gasteiger partial charge in [0, 0.05) is 37.6 Å². The van der Waals surface area contributed by atoms with Crippen LogP contribution >= 0.6 is 0 Å². The van der Waals surface area contributed by atoms with Gasteiger partial charge in [0.1, 0.15) is 0 Å². The molecule has 4 nitrogen and oxygen atoms in total. The molecule has 2 heterocycles. The van der Waals surface area contributed by atoms with Gasteiger partial charge in [-0.15, -0.1) is 0 Å². The Kier molecular flexibility index (Phi) is 3.51. The van der Waals surface area contributed by atoms with Gasteiger partial charge >= 0.3 is 0 Å². The minimum atomic E-state index is 0.371. The van der Waals surface area contributed by atoms with Crippen LogP contribution < -0.4 is 5.73 Å². The van der Waals surface area contributed by atoms with E-state index >= 15 is 0 Å². The van der Waals surface area contributed by atoms with Gasteiger partial charge in [0.05, 0.1) is 11.4 Å². The average molecular weight is 220 g/mol. The lowest BCUT2D eigenvalue weighted by atomic mass is 9.99. The lowest BCUT2D eigenvalue weighted by Crippen LogP contribution is -2.45. The molecule has 1 fully saturated rings. The summed E-state index contributed by atoms with van der Waals surface area (Å²) in [5, 5.41) is 0. The first-order valence-electron chi connectivity index (χ1n) is 5.92. The van der Waals surface area contributed by atoms with E-state index in [9.17, 15) is 0 Å². The summed E-state index contributed by atoms with van der Waals surface area (Å²) in [4.78, 5) is 11.1. The Labute approximate surface area is 96.9 Å². The van der Waals surface area contributed by atoms with Crippen molar-refractivity contribution in [3.63, 3.8) is 0 Å². The Hall–Kier alpha value is -1.00. The molecule has 1 saturated heterocycles. The van der Waals surface area contributed by atoms with Crippen molar-refractivity contribution in [3.8, 4) is 0 Å². The molecule has 1 aromatic rings. The summed E-state index contributed by atoms with van der Waals surface area (Å²) in [7, 11) is 0. The Morgan fingerprint density at radius 1 is 1.44 bits per heavy atom. The van der Waals surface area contributed by atoms with Crippen LogP contribution in [0.3, 0.4) is 0 Å². The van der Waals surface area contributed by atoms with Crippen LogP contribution in [0.5, 0.6) is 0 Å². The highest BCUT2D eigenvalue weighted by atomic mass is 15.2. The van der Waals surface area contributed by atoms with Crippen LogP contribution in [0.2, 0.25) is 0 Å². The highest BCUT2D eigenvalue weighted by Gasteiger charge is 2.23. The fourth-order valence-corrected chi connectivity index (χ4v) is 2.20. The molecule has 0 bridgehead atoms. The molecule has 1 aliphatic rings. The van der Waals surface area contributed by atoms with Gasteiger partial charge in [-0.2, -0.15) is 0 Å². The minimum absolute atomic E-state index is 0.371. The molecular formula is C12H20N4. The van der Waals surface area contributed by atoms with Crippen LogP contribution in [-0.4, -0.2) is 33.5 Å². The summed E-state index contributed by atoms with van der Waals surface area (Å²) >= 11 is 0. The van der Waals surface area contributed by atoms with Crippen molar-refractivity contribution in [3.05, 3.63) is 23.8 Å². The van der Waals surface area contributed by atoms with E-state index in [1.807, 2.05) is 19.3 Å². The van der Waals surface area contributed by atoms with Crippen molar-refractivity contribution in [2.24, 2.45) is 5.73 Å². The first-order valence-corrected chi connectivity index (χ1v) is 5.92. The number of likely N-dealkylation sites (tertiary alicyclic amines) is 1. The molecule has 0 aromatic carbocycles. The van der Waals surface area contributed by atoms with Crippen molar-refractivity contribution < 1.29 is 0 Å². The maximum Gasteiger partial charge on any atom is 0.0727 e. The molecule has 1 aromatic heterocycles. The number of aromatic nitrogens is 2. The third kappa shape index (κ3) is 2.77. The topological polar surface area (TPSA) is 55.0 Å². The molecule has 4 heteroatoms. The van der Waals surface area contributed by atoms with E-state index < -0.39 is 0 Å². The molecule has 0 radical (unpaired) electrons. The molecule has 1 aliphatic heterocycles. The van der Waals surface area contributed by atoms with E-state index in [4.69, 9.17) is 5.73 Å². The second-order valence-electron chi connectivity index (χ2n) is 4.75. The number of piperidine rings is 1. The van der Waals surface area contributed by atoms with Gasteiger partial charge in [-0.1, -0.05) is 0 Å². The van der Waals surface area contributed by atoms with E-state index in [2.05, 4.69) is 21.8 Å². The highest BCUT2D eigenvalue weighted by molar-refractivity contribution is 5.01. The molecule has 0 amide bonds.